The Bertz CT molecular complexity index is 426. The normalized spacial score (nSPS) is 18.9. The molecule has 0 spiro atoms. The number of nitrogens with two attached hydrogens (primary N) is 1. The van der Waals surface area contributed by atoms with Crippen molar-refractivity contribution < 1.29 is 14.8 Å². The number of hydrogen-bond donors (Lipinski definition) is 4. The third-order valence-electron chi connectivity index (χ3n) is 4.27. The molecule has 1 aliphatic carbocycles. The van der Waals surface area contributed by atoms with E-state index < -0.39 is 10.8 Å². The first kappa shape index (κ1) is 17.3. The van der Waals surface area contributed by atoms with Gasteiger partial charge >= 0.3 is 0 Å². The van der Waals surface area contributed by atoms with E-state index in [1.807, 2.05) is 0 Å². The summed E-state index contributed by atoms with van der Waals surface area (Å²) in [6, 6.07) is 0. The SMILES string of the molecule is CNC(=O)C(C)(C)CNC(=O)C1(C(N)=NO)CCCCC1. The molecular formula is C14H26N4O3. The van der Waals surface area contributed by atoms with Crippen molar-refractivity contribution in [2.24, 2.45) is 21.7 Å². The molecule has 0 aromatic rings. The Balaban J connectivity index is 2.82. The van der Waals surface area contributed by atoms with Crippen LogP contribution in [0, 0.1) is 10.8 Å². The van der Waals surface area contributed by atoms with Crippen LogP contribution in [0.25, 0.3) is 0 Å². The molecule has 0 atom stereocenters. The number of rotatable bonds is 5. The number of hydrogen-bond acceptors (Lipinski definition) is 4. The maximum Gasteiger partial charge on any atom is 0.233 e. The average Bonchev–Trinajstić information content (AvgIpc) is 2.51. The van der Waals surface area contributed by atoms with Crippen LogP contribution in [0.2, 0.25) is 0 Å². The summed E-state index contributed by atoms with van der Waals surface area (Å²) >= 11 is 0. The lowest BCUT2D eigenvalue weighted by Gasteiger charge is -2.35. The summed E-state index contributed by atoms with van der Waals surface area (Å²) in [6.45, 7) is 3.71. The molecule has 7 heteroatoms. The van der Waals surface area contributed by atoms with Crippen molar-refractivity contribution in [2.75, 3.05) is 13.6 Å². The first-order valence-electron chi connectivity index (χ1n) is 7.28. The maximum atomic E-state index is 12.6. The molecule has 0 aliphatic heterocycles. The Morgan fingerprint density at radius 3 is 2.33 bits per heavy atom. The Morgan fingerprint density at radius 2 is 1.86 bits per heavy atom. The second kappa shape index (κ2) is 6.78. The van der Waals surface area contributed by atoms with Gasteiger partial charge in [0.05, 0.1) is 5.41 Å². The van der Waals surface area contributed by atoms with Crippen molar-refractivity contribution in [1.82, 2.24) is 10.6 Å². The number of amides is 2. The van der Waals surface area contributed by atoms with Gasteiger partial charge in [0.25, 0.3) is 0 Å². The minimum absolute atomic E-state index is 0.0440. The fraction of sp³-hybridized carbons (Fsp3) is 0.786. The van der Waals surface area contributed by atoms with Gasteiger partial charge in [0.2, 0.25) is 11.8 Å². The van der Waals surface area contributed by atoms with Gasteiger partial charge in [0, 0.05) is 13.6 Å². The monoisotopic (exact) mass is 298 g/mol. The zero-order chi connectivity index (χ0) is 16.1. The van der Waals surface area contributed by atoms with E-state index in [-0.39, 0.29) is 24.2 Å². The third-order valence-corrected chi connectivity index (χ3v) is 4.27. The molecule has 1 aliphatic rings. The van der Waals surface area contributed by atoms with Gasteiger partial charge in [-0.15, -0.1) is 0 Å². The molecule has 21 heavy (non-hydrogen) atoms. The van der Waals surface area contributed by atoms with Gasteiger partial charge in [0.15, 0.2) is 5.84 Å². The van der Waals surface area contributed by atoms with Gasteiger partial charge in [-0.25, -0.2) is 0 Å². The molecule has 0 heterocycles. The summed E-state index contributed by atoms with van der Waals surface area (Å²) < 4.78 is 0. The van der Waals surface area contributed by atoms with E-state index in [0.29, 0.717) is 12.8 Å². The summed E-state index contributed by atoms with van der Waals surface area (Å²) in [5.74, 6) is -0.462. The van der Waals surface area contributed by atoms with Crippen LogP contribution in [-0.4, -0.2) is 36.4 Å². The first-order valence-corrected chi connectivity index (χ1v) is 7.28. The quantitative estimate of drug-likeness (QED) is 0.257. The van der Waals surface area contributed by atoms with Gasteiger partial charge in [-0.2, -0.15) is 0 Å². The van der Waals surface area contributed by atoms with Crippen LogP contribution < -0.4 is 16.4 Å². The van der Waals surface area contributed by atoms with E-state index in [9.17, 15) is 9.59 Å². The predicted octanol–water partition coefficient (Wildman–Crippen LogP) is 0.572. The molecule has 1 saturated carbocycles. The molecule has 0 aromatic heterocycles. The second-order valence-electron chi connectivity index (χ2n) is 6.27. The Morgan fingerprint density at radius 1 is 1.29 bits per heavy atom. The van der Waals surface area contributed by atoms with Crippen molar-refractivity contribution in [3.63, 3.8) is 0 Å². The van der Waals surface area contributed by atoms with E-state index >= 15 is 0 Å². The predicted molar refractivity (Wildman–Crippen MR) is 79.8 cm³/mol. The van der Waals surface area contributed by atoms with Crippen molar-refractivity contribution >= 4 is 17.6 Å². The summed E-state index contributed by atoms with van der Waals surface area (Å²) in [5, 5.41) is 17.4. The highest BCUT2D eigenvalue weighted by molar-refractivity contribution is 6.07. The van der Waals surface area contributed by atoms with Crippen LogP contribution in [0.5, 0.6) is 0 Å². The lowest BCUT2D eigenvalue weighted by atomic mass is 9.72. The molecule has 1 fully saturated rings. The number of carbonyl (C=O) groups excluding carboxylic acids is 2. The minimum Gasteiger partial charge on any atom is -0.409 e. The zero-order valence-electron chi connectivity index (χ0n) is 13.0. The van der Waals surface area contributed by atoms with E-state index in [2.05, 4.69) is 15.8 Å². The number of oxime groups is 1. The Hall–Kier alpha value is -1.79. The zero-order valence-corrected chi connectivity index (χ0v) is 13.0. The van der Waals surface area contributed by atoms with Gasteiger partial charge in [-0.05, 0) is 26.7 Å². The Kier molecular flexibility index (Phi) is 5.57. The smallest absolute Gasteiger partial charge is 0.233 e. The number of nitrogens with one attached hydrogen (secondary N) is 2. The molecule has 120 valence electrons. The van der Waals surface area contributed by atoms with Crippen LogP contribution in [0.15, 0.2) is 5.16 Å². The van der Waals surface area contributed by atoms with Crippen LogP contribution >= 0.6 is 0 Å². The van der Waals surface area contributed by atoms with Gasteiger partial charge in [-0.3, -0.25) is 9.59 Å². The van der Waals surface area contributed by atoms with Crippen molar-refractivity contribution in [2.45, 2.75) is 46.0 Å². The topological polar surface area (TPSA) is 117 Å². The van der Waals surface area contributed by atoms with E-state index in [0.717, 1.165) is 19.3 Å². The number of carbonyl (C=O) groups is 2. The lowest BCUT2D eigenvalue weighted by molar-refractivity contribution is -0.132. The molecule has 0 unspecified atom stereocenters. The van der Waals surface area contributed by atoms with Crippen LogP contribution in [0.3, 0.4) is 0 Å². The summed E-state index contributed by atoms with van der Waals surface area (Å²) in [4.78, 5) is 24.3. The minimum atomic E-state index is -0.953. The molecule has 0 bridgehead atoms. The fourth-order valence-electron chi connectivity index (χ4n) is 2.74. The highest BCUT2D eigenvalue weighted by Gasteiger charge is 2.44. The van der Waals surface area contributed by atoms with Crippen LogP contribution in [0.4, 0.5) is 0 Å². The van der Waals surface area contributed by atoms with Crippen molar-refractivity contribution in [1.29, 1.82) is 0 Å². The first-order chi connectivity index (χ1) is 9.80. The lowest BCUT2D eigenvalue weighted by Crippen LogP contribution is -2.53. The second-order valence-corrected chi connectivity index (χ2v) is 6.27. The summed E-state index contributed by atoms with van der Waals surface area (Å²) in [5.41, 5.74) is 4.10. The molecule has 5 N–H and O–H groups in total. The fourth-order valence-corrected chi connectivity index (χ4v) is 2.74. The van der Waals surface area contributed by atoms with Gasteiger partial charge in [-0.1, -0.05) is 24.4 Å². The summed E-state index contributed by atoms with van der Waals surface area (Å²) in [6.07, 6.45) is 3.90. The largest absolute Gasteiger partial charge is 0.409 e. The van der Waals surface area contributed by atoms with Crippen LogP contribution in [0.1, 0.15) is 46.0 Å². The van der Waals surface area contributed by atoms with Crippen LogP contribution in [-0.2, 0) is 9.59 Å². The summed E-state index contributed by atoms with van der Waals surface area (Å²) in [7, 11) is 1.56. The highest BCUT2D eigenvalue weighted by Crippen LogP contribution is 2.37. The standard InChI is InChI=1S/C14H26N4O3/c1-13(2,11(19)16-3)9-17-12(20)14(10(15)18-21)7-5-4-6-8-14/h21H,4-9H2,1-3H3,(H2,15,18)(H,16,19)(H,17,20). The molecule has 2 amide bonds. The van der Waals surface area contributed by atoms with Gasteiger partial charge < -0.3 is 21.6 Å². The number of amidine groups is 1. The molecule has 0 radical (unpaired) electrons. The van der Waals surface area contributed by atoms with E-state index in [4.69, 9.17) is 10.9 Å². The Labute approximate surface area is 125 Å². The molecule has 0 aromatic carbocycles. The van der Waals surface area contributed by atoms with Crippen molar-refractivity contribution in [3.05, 3.63) is 0 Å². The van der Waals surface area contributed by atoms with Crippen molar-refractivity contribution in [3.8, 4) is 0 Å². The molecule has 1 rings (SSSR count). The number of nitrogens with zero attached hydrogens (tertiary/aromatic N) is 1. The van der Waals surface area contributed by atoms with E-state index in [1.165, 1.54) is 0 Å². The van der Waals surface area contributed by atoms with E-state index in [1.54, 1.807) is 20.9 Å². The highest BCUT2D eigenvalue weighted by atomic mass is 16.4. The molecular weight excluding hydrogens is 272 g/mol. The average molecular weight is 298 g/mol. The van der Waals surface area contributed by atoms with Gasteiger partial charge in [0.1, 0.15) is 5.41 Å². The molecule has 7 nitrogen and oxygen atoms in total. The third kappa shape index (κ3) is 3.65. The maximum absolute atomic E-state index is 12.6. The molecule has 0 saturated heterocycles.